The lowest BCUT2D eigenvalue weighted by Gasteiger charge is -2.54. The van der Waals surface area contributed by atoms with Crippen molar-refractivity contribution in [1.82, 2.24) is 10.3 Å². The molecule has 4 nitrogen and oxygen atoms in total. The van der Waals surface area contributed by atoms with Gasteiger partial charge in [0, 0.05) is 36.3 Å². The van der Waals surface area contributed by atoms with Crippen LogP contribution in [0.5, 0.6) is 0 Å². The molecule has 2 saturated carbocycles. The first-order valence-corrected chi connectivity index (χ1v) is 14.3. The van der Waals surface area contributed by atoms with Crippen LogP contribution in [0.1, 0.15) is 69.8 Å². The van der Waals surface area contributed by atoms with Gasteiger partial charge in [-0.05, 0) is 103 Å². The van der Waals surface area contributed by atoms with Crippen molar-refractivity contribution in [3.8, 4) is 0 Å². The Bertz CT molecular complexity index is 1280. The second-order valence-electron chi connectivity index (χ2n) is 12.9. The Balaban J connectivity index is 1.10. The predicted molar refractivity (Wildman–Crippen MR) is 142 cm³/mol. The summed E-state index contributed by atoms with van der Waals surface area (Å²) < 4.78 is 12.9. The molecule has 2 bridgehead atoms. The number of nitrogens with one attached hydrogen (secondary N) is 1. The first kappa shape index (κ1) is 22.0. The van der Waals surface area contributed by atoms with E-state index in [1.54, 1.807) is 5.57 Å². The minimum absolute atomic E-state index is 0.0334. The normalized spacial score (nSPS) is 41.2. The van der Waals surface area contributed by atoms with Gasteiger partial charge in [0.25, 0.3) is 0 Å². The predicted octanol–water partition coefficient (Wildman–Crippen LogP) is 6.08. The van der Waals surface area contributed by atoms with Gasteiger partial charge >= 0.3 is 0 Å². The van der Waals surface area contributed by atoms with Crippen molar-refractivity contribution in [3.63, 3.8) is 0 Å². The van der Waals surface area contributed by atoms with Crippen molar-refractivity contribution in [3.05, 3.63) is 65.5 Å². The maximum absolute atomic E-state index is 7.48. The van der Waals surface area contributed by atoms with Crippen LogP contribution in [0.15, 0.2) is 60.0 Å². The molecule has 3 aliphatic heterocycles. The lowest BCUT2D eigenvalue weighted by molar-refractivity contribution is -0.136. The number of aromatic nitrogens is 1. The molecule has 1 aromatic heterocycles. The maximum atomic E-state index is 7.48. The number of allylic oxidation sites excluding steroid dienone is 1. The van der Waals surface area contributed by atoms with E-state index in [-0.39, 0.29) is 16.6 Å². The van der Waals surface area contributed by atoms with E-state index in [4.69, 9.17) is 9.47 Å². The van der Waals surface area contributed by atoms with Gasteiger partial charge in [-0.1, -0.05) is 31.2 Å². The van der Waals surface area contributed by atoms with Gasteiger partial charge in [-0.15, -0.1) is 0 Å². The Morgan fingerprint density at radius 3 is 2.92 bits per heavy atom. The van der Waals surface area contributed by atoms with Crippen LogP contribution in [0.3, 0.4) is 0 Å². The number of nitrogens with zero attached hydrogens (tertiary/aromatic N) is 1. The van der Waals surface area contributed by atoms with Crippen molar-refractivity contribution in [2.24, 2.45) is 17.3 Å². The van der Waals surface area contributed by atoms with Gasteiger partial charge in [0.15, 0.2) is 0 Å². The summed E-state index contributed by atoms with van der Waals surface area (Å²) >= 11 is 0. The van der Waals surface area contributed by atoms with E-state index in [1.165, 1.54) is 60.4 Å². The SMILES string of the molecule is C[C@]12CC=C3C=C4CC[C@H](NCC5COC5)C[C@]45CC[C@]3(O5)[C@@H]1CC[C@@H]2c1ccc2ccncc2c1. The second-order valence-corrected chi connectivity index (χ2v) is 12.9. The smallest absolute Gasteiger partial charge is 0.0974 e. The fourth-order valence-corrected chi connectivity index (χ4v) is 9.19. The number of hydrogen-bond donors (Lipinski definition) is 1. The topological polar surface area (TPSA) is 43.4 Å². The molecule has 188 valence electrons. The average molecular weight is 483 g/mol. The lowest BCUT2D eigenvalue weighted by Crippen LogP contribution is -2.55. The highest BCUT2D eigenvalue weighted by Gasteiger charge is 2.66. The first-order chi connectivity index (χ1) is 17.6. The maximum Gasteiger partial charge on any atom is 0.0974 e. The van der Waals surface area contributed by atoms with E-state index in [2.05, 4.69) is 53.6 Å². The fourth-order valence-electron chi connectivity index (χ4n) is 9.19. The molecule has 8 rings (SSSR count). The molecule has 0 unspecified atom stereocenters. The zero-order valence-electron chi connectivity index (χ0n) is 21.5. The Hall–Kier alpha value is -2.01. The van der Waals surface area contributed by atoms with Crippen molar-refractivity contribution in [2.75, 3.05) is 19.8 Å². The summed E-state index contributed by atoms with van der Waals surface area (Å²) in [5.41, 5.74) is 4.74. The molecule has 6 atom stereocenters. The number of hydrogen-bond acceptors (Lipinski definition) is 4. The third-order valence-corrected chi connectivity index (χ3v) is 11.1. The molecule has 0 amide bonds. The van der Waals surface area contributed by atoms with E-state index < -0.39 is 0 Å². The quantitative estimate of drug-likeness (QED) is 0.573. The Morgan fingerprint density at radius 1 is 1.08 bits per heavy atom. The van der Waals surface area contributed by atoms with Gasteiger partial charge in [0.2, 0.25) is 0 Å². The van der Waals surface area contributed by atoms with Crippen LogP contribution in [-0.2, 0) is 9.47 Å². The van der Waals surface area contributed by atoms with Gasteiger partial charge in [0.05, 0.1) is 24.4 Å². The molecule has 6 aliphatic rings. The summed E-state index contributed by atoms with van der Waals surface area (Å²) in [7, 11) is 0. The summed E-state index contributed by atoms with van der Waals surface area (Å²) in [6, 6.07) is 9.79. The molecule has 1 aromatic carbocycles. The number of rotatable bonds is 4. The van der Waals surface area contributed by atoms with Crippen LogP contribution in [0, 0.1) is 17.3 Å². The van der Waals surface area contributed by atoms with Crippen LogP contribution >= 0.6 is 0 Å². The van der Waals surface area contributed by atoms with E-state index in [0.29, 0.717) is 23.8 Å². The number of ether oxygens (including phenoxy) is 2. The van der Waals surface area contributed by atoms with E-state index in [1.807, 2.05) is 12.4 Å². The van der Waals surface area contributed by atoms with Gasteiger partial charge in [-0.2, -0.15) is 0 Å². The molecular weight excluding hydrogens is 444 g/mol. The summed E-state index contributed by atoms with van der Waals surface area (Å²) in [6.07, 6.45) is 18.8. The van der Waals surface area contributed by atoms with E-state index in [0.717, 1.165) is 32.6 Å². The van der Waals surface area contributed by atoms with Crippen LogP contribution in [-0.4, -0.2) is 42.0 Å². The van der Waals surface area contributed by atoms with Crippen molar-refractivity contribution in [2.45, 2.75) is 81.5 Å². The van der Waals surface area contributed by atoms with Crippen molar-refractivity contribution in [1.29, 1.82) is 0 Å². The minimum Gasteiger partial charge on any atom is -0.381 e. The molecule has 0 radical (unpaired) electrons. The van der Waals surface area contributed by atoms with Gasteiger partial charge in [0.1, 0.15) is 0 Å². The molecule has 2 saturated heterocycles. The van der Waals surface area contributed by atoms with Crippen molar-refractivity contribution >= 4 is 10.8 Å². The minimum atomic E-state index is -0.0760. The molecule has 2 spiro atoms. The molecule has 36 heavy (non-hydrogen) atoms. The van der Waals surface area contributed by atoms with Gasteiger partial charge in [-0.3, -0.25) is 4.98 Å². The first-order valence-electron chi connectivity index (χ1n) is 14.3. The summed E-state index contributed by atoms with van der Waals surface area (Å²) in [6.45, 7) is 5.53. The van der Waals surface area contributed by atoms with E-state index >= 15 is 0 Å². The lowest BCUT2D eigenvalue weighted by atomic mass is 9.58. The Morgan fingerprint density at radius 2 is 2.03 bits per heavy atom. The highest BCUT2D eigenvalue weighted by molar-refractivity contribution is 5.82. The van der Waals surface area contributed by atoms with Crippen LogP contribution in [0.2, 0.25) is 0 Å². The molecular formula is C32H38N2O2. The molecule has 1 N–H and O–H groups in total. The number of fused-ring (bicyclic) bond motifs is 2. The van der Waals surface area contributed by atoms with Crippen molar-refractivity contribution < 1.29 is 9.47 Å². The molecule has 2 aromatic rings. The summed E-state index contributed by atoms with van der Waals surface area (Å²) in [5, 5.41) is 6.45. The summed E-state index contributed by atoms with van der Waals surface area (Å²) in [5.74, 6) is 1.88. The van der Waals surface area contributed by atoms with Crippen LogP contribution in [0.25, 0.3) is 10.8 Å². The Labute approximate surface area is 214 Å². The van der Waals surface area contributed by atoms with Gasteiger partial charge < -0.3 is 14.8 Å². The second kappa shape index (κ2) is 7.75. The largest absolute Gasteiger partial charge is 0.381 e. The number of pyridine rings is 1. The monoisotopic (exact) mass is 482 g/mol. The standard InChI is InChI=1S/C32H38N2O2/c1-30-10-8-26-15-25-4-5-27(34-17-21-19-35-20-21)16-31(25)11-12-32(26,36-31)29(30)7-6-28(30)23-3-2-22-9-13-33-18-24(22)14-23/h2-3,8-9,13-15,18,21,27-29,34H,4-7,10-12,16-17,19-20H2,1H3/t27-,28+,29+,30+,31+,32+/m0/s1. The fraction of sp³-hybridized carbons (Fsp3) is 0.594. The van der Waals surface area contributed by atoms with Crippen LogP contribution < -0.4 is 5.32 Å². The number of benzene rings is 1. The Kier molecular flexibility index (Phi) is 4.74. The van der Waals surface area contributed by atoms with Crippen LogP contribution in [0.4, 0.5) is 0 Å². The zero-order chi connectivity index (χ0) is 24.0. The molecule has 4 fully saturated rings. The third kappa shape index (κ3) is 3.01. The third-order valence-electron chi connectivity index (χ3n) is 11.1. The molecule has 4 heterocycles. The molecule has 4 heteroatoms. The zero-order valence-corrected chi connectivity index (χ0v) is 21.5. The van der Waals surface area contributed by atoms with Gasteiger partial charge in [-0.25, -0.2) is 0 Å². The van der Waals surface area contributed by atoms with E-state index in [9.17, 15) is 0 Å². The highest BCUT2D eigenvalue weighted by atomic mass is 16.5. The highest BCUT2D eigenvalue weighted by Crippen LogP contribution is 2.69. The average Bonchev–Trinajstić information content (AvgIpc) is 3.38. The molecule has 3 aliphatic carbocycles. The summed E-state index contributed by atoms with van der Waals surface area (Å²) in [4.78, 5) is 4.39.